The standard InChI is InChI=1S/C29H49F2N7O2/c1-4-6-7-20-25(31)26(37-12-13-38-19(17-37)8-9-23(38)39)22(16-35-20)36-28(40)24(27(32)33)21-14-29(3,5-2)11-10-18(30)15-34-21/h15,18-19,21-22,24,26-27,35H,4-14,16-17,32-33H2,1-3H3,(H,36,40)/b34-15-/t18?,19?,21?,22?,24?,26?,29-/m1/s1. The summed E-state index contributed by atoms with van der Waals surface area (Å²) < 4.78 is 30.6. The predicted molar refractivity (Wildman–Crippen MR) is 153 cm³/mol. The number of nitrogens with zero attached hydrogens (tertiary/aromatic N) is 3. The molecule has 11 heteroatoms. The first-order valence-electron chi connectivity index (χ1n) is 15.2. The van der Waals surface area contributed by atoms with E-state index in [0.717, 1.165) is 25.7 Å². The van der Waals surface area contributed by atoms with Crippen molar-refractivity contribution in [3.05, 3.63) is 11.5 Å². The van der Waals surface area contributed by atoms with Gasteiger partial charge in [-0.3, -0.25) is 19.5 Å². The van der Waals surface area contributed by atoms with E-state index in [-0.39, 0.29) is 29.1 Å². The van der Waals surface area contributed by atoms with Crippen LogP contribution in [0.4, 0.5) is 8.78 Å². The third-order valence-corrected chi connectivity index (χ3v) is 9.64. The number of unbranched alkanes of at least 4 members (excludes halogenated alkanes) is 1. The first-order chi connectivity index (χ1) is 19.1. The van der Waals surface area contributed by atoms with Crippen LogP contribution >= 0.6 is 0 Å². The maximum atomic E-state index is 16.2. The summed E-state index contributed by atoms with van der Waals surface area (Å²) in [4.78, 5) is 34.6. The maximum absolute atomic E-state index is 16.2. The highest BCUT2D eigenvalue weighted by Gasteiger charge is 2.45. The summed E-state index contributed by atoms with van der Waals surface area (Å²) in [5.74, 6) is -1.36. The number of rotatable bonds is 9. The quantitative estimate of drug-likeness (QED) is 0.318. The van der Waals surface area contributed by atoms with Gasteiger partial charge in [-0.05, 0) is 43.9 Å². The molecule has 226 valence electrons. The van der Waals surface area contributed by atoms with Crippen molar-refractivity contribution in [2.24, 2.45) is 27.8 Å². The highest BCUT2D eigenvalue weighted by atomic mass is 19.1. The summed E-state index contributed by atoms with van der Waals surface area (Å²) in [5.41, 5.74) is 12.8. The van der Waals surface area contributed by atoms with E-state index in [9.17, 15) is 14.0 Å². The van der Waals surface area contributed by atoms with E-state index in [4.69, 9.17) is 11.5 Å². The molecular formula is C29H49F2N7O2. The Hall–Kier alpha value is -2.11. The van der Waals surface area contributed by atoms with Crippen molar-refractivity contribution in [2.45, 2.75) is 115 Å². The van der Waals surface area contributed by atoms with Gasteiger partial charge in [0.1, 0.15) is 12.0 Å². The summed E-state index contributed by atoms with van der Waals surface area (Å²) in [5, 5.41) is 6.32. The molecule has 4 aliphatic rings. The normalized spacial score (nSPS) is 35.1. The van der Waals surface area contributed by atoms with Crippen LogP contribution in [0, 0.1) is 11.3 Å². The van der Waals surface area contributed by atoms with Crippen molar-refractivity contribution in [1.82, 2.24) is 20.4 Å². The van der Waals surface area contributed by atoms with Crippen LogP contribution in [0.5, 0.6) is 0 Å². The number of carbonyl (C=O) groups is 2. The van der Waals surface area contributed by atoms with E-state index in [1.807, 2.05) is 4.90 Å². The van der Waals surface area contributed by atoms with Crippen LogP contribution in [0.25, 0.3) is 0 Å². The number of piperazine rings is 1. The molecule has 0 aromatic heterocycles. The van der Waals surface area contributed by atoms with Crippen molar-refractivity contribution in [2.75, 3.05) is 26.2 Å². The Morgan fingerprint density at radius 1 is 1.30 bits per heavy atom. The van der Waals surface area contributed by atoms with Crippen LogP contribution in [-0.4, -0.2) is 90.5 Å². The first kappa shape index (κ1) is 30.8. The van der Waals surface area contributed by atoms with Crippen LogP contribution in [0.3, 0.4) is 0 Å². The number of hydrogen-bond acceptors (Lipinski definition) is 7. The minimum absolute atomic E-state index is 0.0641. The zero-order valence-corrected chi connectivity index (χ0v) is 24.4. The first-order valence-corrected chi connectivity index (χ1v) is 15.2. The molecule has 0 bridgehead atoms. The molecule has 2 saturated heterocycles. The molecule has 0 radical (unpaired) electrons. The van der Waals surface area contributed by atoms with Gasteiger partial charge in [-0.2, -0.15) is 0 Å². The minimum Gasteiger partial charge on any atom is -0.384 e. The molecule has 0 aliphatic carbocycles. The van der Waals surface area contributed by atoms with E-state index in [1.165, 1.54) is 6.21 Å². The Morgan fingerprint density at radius 2 is 2.08 bits per heavy atom. The lowest BCUT2D eigenvalue weighted by atomic mass is 9.73. The van der Waals surface area contributed by atoms with Crippen LogP contribution in [-0.2, 0) is 9.59 Å². The second-order valence-electron chi connectivity index (χ2n) is 12.5. The smallest absolute Gasteiger partial charge is 0.228 e. The largest absolute Gasteiger partial charge is 0.384 e. The average Bonchev–Trinajstić information content (AvgIpc) is 3.29. The number of aliphatic imine (C=N–C) groups is 1. The number of amides is 2. The van der Waals surface area contributed by atoms with Gasteiger partial charge in [0.15, 0.2) is 0 Å². The summed E-state index contributed by atoms with van der Waals surface area (Å²) in [6.45, 7) is 8.25. The van der Waals surface area contributed by atoms with E-state index in [0.29, 0.717) is 64.0 Å². The molecule has 0 spiro atoms. The third kappa shape index (κ3) is 6.85. The fraction of sp³-hybridized carbons (Fsp3) is 0.828. The van der Waals surface area contributed by atoms with Crippen molar-refractivity contribution >= 4 is 18.0 Å². The highest BCUT2D eigenvalue weighted by molar-refractivity contribution is 5.81. The second kappa shape index (κ2) is 13.2. The molecule has 7 atom stereocenters. The van der Waals surface area contributed by atoms with Gasteiger partial charge in [0.05, 0.1) is 30.2 Å². The number of alkyl halides is 1. The number of fused-ring (bicyclic) bond motifs is 1. The van der Waals surface area contributed by atoms with Crippen LogP contribution in [0.2, 0.25) is 0 Å². The van der Waals surface area contributed by atoms with Gasteiger partial charge in [0.2, 0.25) is 11.8 Å². The lowest BCUT2D eigenvalue weighted by molar-refractivity contribution is -0.131. The van der Waals surface area contributed by atoms with Gasteiger partial charge >= 0.3 is 0 Å². The molecule has 4 aliphatic heterocycles. The van der Waals surface area contributed by atoms with E-state index >= 15 is 4.39 Å². The fourth-order valence-electron chi connectivity index (χ4n) is 6.88. The number of nitrogens with one attached hydrogen (secondary N) is 2. The lowest BCUT2D eigenvalue weighted by Crippen LogP contribution is -2.65. The van der Waals surface area contributed by atoms with Gasteiger partial charge in [0, 0.05) is 50.6 Å². The van der Waals surface area contributed by atoms with Crippen LogP contribution in [0.1, 0.15) is 78.6 Å². The Kier molecular flexibility index (Phi) is 10.2. The molecule has 0 aromatic rings. The molecule has 9 nitrogen and oxygen atoms in total. The Balaban J connectivity index is 1.57. The molecule has 4 rings (SSSR count). The van der Waals surface area contributed by atoms with E-state index in [1.54, 1.807) is 0 Å². The summed E-state index contributed by atoms with van der Waals surface area (Å²) >= 11 is 0. The Morgan fingerprint density at radius 3 is 2.77 bits per heavy atom. The molecule has 0 saturated carbocycles. The summed E-state index contributed by atoms with van der Waals surface area (Å²) in [6, 6.07) is -1.73. The van der Waals surface area contributed by atoms with Crippen molar-refractivity contribution in [3.8, 4) is 0 Å². The van der Waals surface area contributed by atoms with Gasteiger partial charge < -0.3 is 27.0 Å². The Labute approximate surface area is 237 Å². The maximum Gasteiger partial charge on any atom is 0.228 e. The summed E-state index contributed by atoms with van der Waals surface area (Å²) in [7, 11) is 0. The summed E-state index contributed by atoms with van der Waals surface area (Å²) in [6.07, 6.45) is 5.27. The number of carbonyl (C=O) groups excluding carboxylic acids is 2. The van der Waals surface area contributed by atoms with Crippen molar-refractivity contribution in [3.63, 3.8) is 0 Å². The van der Waals surface area contributed by atoms with Gasteiger partial charge in [-0.15, -0.1) is 0 Å². The number of hydrogen-bond donors (Lipinski definition) is 4. The lowest BCUT2D eigenvalue weighted by Gasteiger charge is -2.46. The average molecular weight is 566 g/mol. The minimum atomic E-state index is -1.18. The topological polar surface area (TPSA) is 129 Å². The molecule has 6 unspecified atom stereocenters. The number of halogens is 2. The number of nitrogens with two attached hydrogens (primary N) is 2. The van der Waals surface area contributed by atoms with Gasteiger partial charge in [-0.1, -0.05) is 33.6 Å². The molecular weight excluding hydrogens is 516 g/mol. The molecule has 2 amide bonds. The van der Waals surface area contributed by atoms with Crippen LogP contribution in [0.15, 0.2) is 16.5 Å². The molecule has 6 N–H and O–H groups in total. The highest BCUT2D eigenvalue weighted by Crippen LogP contribution is 2.38. The number of allylic oxidation sites excluding steroid dienone is 1. The molecule has 0 aromatic carbocycles. The second-order valence-corrected chi connectivity index (χ2v) is 12.5. The fourth-order valence-corrected chi connectivity index (χ4v) is 6.88. The molecule has 40 heavy (non-hydrogen) atoms. The van der Waals surface area contributed by atoms with E-state index in [2.05, 4.69) is 41.3 Å². The van der Waals surface area contributed by atoms with Gasteiger partial charge in [-0.25, -0.2) is 8.78 Å². The molecule has 4 heterocycles. The van der Waals surface area contributed by atoms with Crippen molar-refractivity contribution < 1.29 is 18.4 Å². The predicted octanol–water partition coefficient (Wildman–Crippen LogP) is 2.36. The zero-order valence-electron chi connectivity index (χ0n) is 24.4. The monoisotopic (exact) mass is 565 g/mol. The zero-order chi connectivity index (χ0) is 29.0. The SMILES string of the molecule is CCCCC1=C(F)C(N2CCN3C(=O)CCC3C2)C(NC(=O)C(C(N)N)C2C[C@](C)(CC)CCC(F)/C=N\2)CN1. The third-order valence-electron chi connectivity index (χ3n) is 9.64. The van der Waals surface area contributed by atoms with Gasteiger partial charge in [0.25, 0.3) is 0 Å². The molecule has 2 fully saturated rings. The van der Waals surface area contributed by atoms with E-state index < -0.39 is 36.4 Å². The Bertz CT molecular complexity index is 976. The van der Waals surface area contributed by atoms with Crippen molar-refractivity contribution in [1.29, 1.82) is 0 Å². The van der Waals surface area contributed by atoms with Crippen LogP contribution < -0.4 is 22.1 Å².